The molecule has 2 aromatic rings. The van der Waals surface area contributed by atoms with Crippen LogP contribution >= 0.6 is 0 Å². The van der Waals surface area contributed by atoms with E-state index in [0.717, 1.165) is 48.1 Å². The van der Waals surface area contributed by atoms with Gasteiger partial charge in [-0.05, 0) is 56.9 Å². The quantitative estimate of drug-likeness (QED) is 0.756. The molecule has 1 aromatic heterocycles. The Hall–Kier alpha value is -2.69. The maximum Gasteiger partial charge on any atom is 0.270 e. The number of anilines is 1. The van der Waals surface area contributed by atoms with Gasteiger partial charge in [-0.3, -0.25) is 14.6 Å². The van der Waals surface area contributed by atoms with E-state index in [2.05, 4.69) is 15.6 Å². The van der Waals surface area contributed by atoms with Gasteiger partial charge in [0.2, 0.25) is 0 Å². The van der Waals surface area contributed by atoms with Gasteiger partial charge in [-0.15, -0.1) is 0 Å². The Kier molecular flexibility index (Phi) is 6.45. The van der Waals surface area contributed by atoms with Crippen LogP contribution in [0.25, 0.3) is 0 Å². The number of hydrogen-bond donors (Lipinski definition) is 2. The Morgan fingerprint density at radius 2 is 1.57 bits per heavy atom. The number of nitrogens with zero attached hydrogens (tertiary/aromatic N) is 1. The SMILES string of the molecule is Cc1cc(C)c(NC(=O)c2ccnc(C(=O)NC3CCCCCC3)c2)c(C)c1. The molecule has 1 saturated carbocycles. The molecule has 3 rings (SSSR count). The first kappa shape index (κ1) is 20.1. The Morgan fingerprint density at radius 1 is 0.929 bits per heavy atom. The van der Waals surface area contributed by atoms with E-state index in [1.807, 2.05) is 32.9 Å². The number of hydrogen-bond acceptors (Lipinski definition) is 3. The van der Waals surface area contributed by atoms with Crippen molar-refractivity contribution in [1.82, 2.24) is 10.3 Å². The van der Waals surface area contributed by atoms with Crippen molar-refractivity contribution in [3.8, 4) is 0 Å². The van der Waals surface area contributed by atoms with E-state index in [0.29, 0.717) is 5.56 Å². The molecule has 1 heterocycles. The number of nitrogens with one attached hydrogen (secondary N) is 2. The first-order chi connectivity index (χ1) is 13.4. The van der Waals surface area contributed by atoms with E-state index in [1.165, 1.54) is 19.0 Å². The fourth-order valence-corrected chi connectivity index (χ4v) is 3.94. The van der Waals surface area contributed by atoms with Crippen molar-refractivity contribution >= 4 is 17.5 Å². The highest BCUT2D eigenvalue weighted by atomic mass is 16.2. The Labute approximate surface area is 167 Å². The monoisotopic (exact) mass is 379 g/mol. The second-order valence-corrected chi connectivity index (χ2v) is 7.82. The Morgan fingerprint density at radius 3 is 2.21 bits per heavy atom. The van der Waals surface area contributed by atoms with Gasteiger partial charge < -0.3 is 10.6 Å². The van der Waals surface area contributed by atoms with Crippen molar-refractivity contribution in [2.45, 2.75) is 65.3 Å². The van der Waals surface area contributed by atoms with Gasteiger partial charge in [0.05, 0.1) is 0 Å². The van der Waals surface area contributed by atoms with Gasteiger partial charge in [-0.2, -0.15) is 0 Å². The molecule has 0 aliphatic heterocycles. The normalized spacial score (nSPS) is 15.0. The molecular weight excluding hydrogens is 350 g/mol. The van der Waals surface area contributed by atoms with Crippen LogP contribution in [0.4, 0.5) is 5.69 Å². The maximum atomic E-state index is 12.7. The summed E-state index contributed by atoms with van der Waals surface area (Å²) in [6.07, 6.45) is 8.31. The van der Waals surface area contributed by atoms with E-state index >= 15 is 0 Å². The van der Waals surface area contributed by atoms with Gasteiger partial charge in [0.1, 0.15) is 5.69 Å². The van der Waals surface area contributed by atoms with Crippen LogP contribution in [0.3, 0.4) is 0 Å². The molecule has 1 fully saturated rings. The van der Waals surface area contributed by atoms with Gasteiger partial charge in [-0.25, -0.2) is 0 Å². The fourth-order valence-electron chi connectivity index (χ4n) is 3.94. The van der Waals surface area contributed by atoms with Crippen LogP contribution in [0, 0.1) is 20.8 Å². The molecule has 0 saturated heterocycles. The predicted molar refractivity (Wildman–Crippen MR) is 112 cm³/mol. The number of aromatic nitrogens is 1. The molecule has 0 bridgehead atoms. The second kappa shape index (κ2) is 9.00. The third-order valence-corrected chi connectivity index (χ3v) is 5.36. The highest BCUT2D eigenvalue weighted by molar-refractivity contribution is 6.06. The molecule has 5 heteroatoms. The van der Waals surface area contributed by atoms with Crippen molar-refractivity contribution in [3.63, 3.8) is 0 Å². The molecule has 0 radical (unpaired) electrons. The summed E-state index contributed by atoms with van der Waals surface area (Å²) < 4.78 is 0. The smallest absolute Gasteiger partial charge is 0.270 e. The van der Waals surface area contributed by atoms with E-state index in [9.17, 15) is 9.59 Å². The summed E-state index contributed by atoms with van der Waals surface area (Å²) in [6, 6.07) is 7.49. The molecule has 2 amide bonds. The molecular formula is C23H29N3O2. The van der Waals surface area contributed by atoms with Gasteiger partial charge in [-0.1, -0.05) is 43.4 Å². The van der Waals surface area contributed by atoms with Crippen LogP contribution < -0.4 is 10.6 Å². The van der Waals surface area contributed by atoms with E-state index in [-0.39, 0.29) is 23.6 Å². The van der Waals surface area contributed by atoms with E-state index in [4.69, 9.17) is 0 Å². The first-order valence-corrected chi connectivity index (χ1v) is 10.1. The van der Waals surface area contributed by atoms with Crippen molar-refractivity contribution < 1.29 is 9.59 Å². The lowest BCUT2D eigenvalue weighted by Gasteiger charge is -2.16. The van der Waals surface area contributed by atoms with Gasteiger partial charge in [0.25, 0.3) is 11.8 Å². The molecule has 0 spiro atoms. The molecule has 28 heavy (non-hydrogen) atoms. The molecule has 148 valence electrons. The van der Waals surface area contributed by atoms with Crippen LogP contribution in [0.15, 0.2) is 30.5 Å². The zero-order valence-electron chi connectivity index (χ0n) is 17.0. The summed E-state index contributed by atoms with van der Waals surface area (Å²) in [5, 5.41) is 6.06. The number of aryl methyl sites for hydroxylation is 3. The zero-order chi connectivity index (χ0) is 20.1. The molecule has 0 atom stereocenters. The number of pyridine rings is 1. The third kappa shape index (κ3) is 4.97. The lowest BCUT2D eigenvalue weighted by atomic mass is 10.0. The van der Waals surface area contributed by atoms with Crippen LogP contribution in [0.2, 0.25) is 0 Å². The number of carbonyl (C=O) groups excluding carboxylic acids is 2. The minimum Gasteiger partial charge on any atom is -0.348 e. The standard InChI is InChI=1S/C23H29N3O2/c1-15-12-16(2)21(17(3)13-15)26-22(27)18-10-11-24-20(14-18)23(28)25-19-8-6-4-5-7-9-19/h10-14,19H,4-9H2,1-3H3,(H,25,28)(H,26,27). The predicted octanol–water partition coefficient (Wildman–Crippen LogP) is 4.71. The number of amides is 2. The van der Waals surface area contributed by atoms with E-state index < -0.39 is 0 Å². The molecule has 1 aromatic carbocycles. The number of carbonyl (C=O) groups is 2. The highest BCUT2D eigenvalue weighted by Gasteiger charge is 2.18. The summed E-state index contributed by atoms with van der Waals surface area (Å²) in [7, 11) is 0. The van der Waals surface area contributed by atoms with Gasteiger partial charge in [0, 0.05) is 23.5 Å². The summed E-state index contributed by atoms with van der Waals surface area (Å²) in [5.74, 6) is -0.440. The molecule has 1 aliphatic rings. The van der Waals surface area contributed by atoms with Crippen molar-refractivity contribution in [2.75, 3.05) is 5.32 Å². The Bertz CT molecular complexity index is 845. The molecule has 2 N–H and O–H groups in total. The van der Waals surface area contributed by atoms with Crippen LogP contribution in [0.1, 0.15) is 76.1 Å². The zero-order valence-corrected chi connectivity index (χ0v) is 17.0. The van der Waals surface area contributed by atoms with E-state index in [1.54, 1.807) is 12.1 Å². The summed E-state index contributed by atoms with van der Waals surface area (Å²) in [4.78, 5) is 29.5. The molecule has 0 unspecified atom stereocenters. The van der Waals surface area contributed by atoms with Gasteiger partial charge >= 0.3 is 0 Å². The topological polar surface area (TPSA) is 71.1 Å². The highest BCUT2D eigenvalue weighted by Crippen LogP contribution is 2.23. The Balaban J connectivity index is 1.72. The molecule has 1 aliphatic carbocycles. The first-order valence-electron chi connectivity index (χ1n) is 10.1. The fraction of sp³-hybridized carbons (Fsp3) is 0.435. The second-order valence-electron chi connectivity index (χ2n) is 7.82. The van der Waals surface area contributed by atoms with Crippen molar-refractivity contribution in [2.24, 2.45) is 0 Å². The number of benzene rings is 1. The van der Waals surface area contributed by atoms with Crippen LogP contribution in [0.5, 0.6) is 0 Å². The van der Waals surface area contributed by atoms with Crippen molar-refractivity contribution in [3.05, 3.63) is 58.4 Å². The lowest BCUT2D eigenvalue weighted by Crippen LogP contribution is -2.35. The number of rotatable bonds is 4. The summed E-state index contributed by atoms with van der Waals surface area (Å²) in [6.45, 7) is 6.00. The summed E-state index contributed by atoms with van der Waals surface area (Å²) in [5.41, 5.74) is 4.73. The van der Waals surface area contributed by atoms with Gasteiger partial charge in [0.15, 0.2) is 0 Å². The van der Waals surface area contributed by atoms with Crippen LogP contribution in [-0.2, 0) is 0 Å². The largest absolute Gasteiger partial charge is 0.348 e. The third-order valence-electron chi connectivity index (χ3n) is 5.36. The maximum absolute atomic E-state index is 12.7. The molecule has 5 nitrogen and oxygen atoms in total. The summed E-state index contributed by atoms with van der Waals surface area (Å²) >= 11 is 0. The van der Waals surface area contributed by atoms with Crippen LogP contribution in [-0.4, -0.2) is 22.8 Å². The average molecular weight is 380 g/mol. The minimum absolute atomic E-state index is 0.201. The minimum atomic E-state index is -0.235. The lowest BCUT2D eigenvalue weighted by molar-refractivity contribution is 0.0928. The average Bonchev–Trinajstić information content (AvgIpc) is 2.93. The van der Waals surface area contributed by atoms with Crippen molar-refractivity contribution in [1.29, 1.82) is 0 Å².